The summed E-state index contributed by atoms with van der Waals surface area (Å²) in [6, 6.07) is 10.5. The number of furan rings is 1. The van der Waals surface area contributed by atoms with E-state index in [-0.39, 0.29) is 23.6 Å². The molecule has 1 aromatic heterocycles. The first-order valence-corrected chi connectivity index (χ1v) is 9.12. The van der Waals surface area contributed by atoms with Crippen LogP contribution in [-0.2, 0) is 21.2 Å². The van der Waals surface area contributed by atoms with Gasteiger partial charge in [0.15, 0.2) is 0 Å². The van der Waals surface area contributed by atoms with E-state index < -0.39 is 9.84 Å². The number of hydrogen-bond donors (Lipinski definition) is 1. The number of hydrogen-bond acceptors (Lipinski definition) is 5. The first kappa shape index (κ1) is 15.6. The molecule has 2 heterocycles. The molecule has 0 spiro atoms. The van der Waals surface area contributed by atoms with E-state index in [9.17, 15) is 13.2 Å². The summed E-state index contributed by atoms with van der Waals surface area (Å²) in [6.45, 7) is 0.148. The molecule has 2 aromatic rings. The highest BCUT2D eigenvalue weighted by Crippen LogP contribution is 2.25. The molecule has 1 amide bonds. The van der Waals surface area contributed by atoms with Gasteiger partial charge in [-0.05, 0) is 36.2 Å². The van der Waals surface area contributed by atoms with Crippen molar-refractivity contribution >= 4 is 15.7 Å². The van der Waals surface area contributed by atoms with Crippen LogP contribution in [0.4, 0.5) is 0 Å². The minimum atomic E-state index is -3.34. The highest BCUT2D eigenvalue weighted by Gasteiger charge is 2.22. The summed E-state index contributed by atoms with van der Waals surface area (Å²) in [7, 11) is -3.34. The molecule has 0 bridgehead atoms. The first-order valence-electron chi connectivity index (χ1n) is 7.23. The predicted molar refractivity (Wildman–Crippen MR) is 82.7 cm³/mol. The molecular weight excluding hydrogens is 318 g/mol. The van der Waals surface area contributed by atoms with Gasteiger partial charge in [-0.2, -0.15) is 0 Å². The molecule has 1 aromatic carbocycles. The van der Waals surface area contributed by atoms with Gasteiger partial charge in [-0.25, -0.2) is 8.42 Å². The van der Waals surface area contributed by atoms with Crippen molar-refractivity contribution in [2.75, 3.05) is 6.26 Å². The second-order valence-electron chi connectivity index (χ2n) is 5.51. The van der Waals surface area contributed by atoms with Gasteiger partial charge in [0.1, 0.15) is 18.1 Å². The Kier molecular flexibility index (Phi) is 4.12. The van der Waals surface area contributed by atoms with Gasteiger partial charge in [0.2, 0.25) is 20.8 Å². The number of sulfone groups is 1. The maximum absolute atomic E-state index is 11.3. The van der Waals surface area contributed by atoms with Crippen molar-refractivity contribution in [3.63, 3.8) is 0 Å². The normalized spacial score (nSPS) is 18.0. The maximum atomic E-state index is 11.3. The predicted octanol–water partition coefficient (Wildman–Crippen LogP) is 2.21. The van der Waals surface area contributed by atoms with Crippen LogP contribution in [0.15, 0.2) is 45.9 Å². The molecule has 7 heteroatoms. The fourth-order valence-corrected chi connectivity index (χ4v) is 3.02. The Labute approximate surface area is 134 Å². The minimum Gasteiger partial charge on any atom is -0.486 e. The van der Waals surface area contributed by atoms with Gasteiger partial charge in [-0.15, -0.1) is 0 Å². The molecule has 1 atom stereocenters. The summed E-state index contributed by atoms with van der Waals surface area (Å²) in [5, 5.41) is 2.85. The number of benzene rings is 1. The van der Waals surface area contributed by atoms with Crippen LogP contribution >= 0.6 is 0 Å². The van der Waals surface area contributed by atoms with Gasteiger partial charge in [0.25, 0.3) is 0 Å². The number of carbonyl (C=O) groups excluding carboxylic acids is 1. The highest BCUT2D eigenvalue weighted by atomic mass is 32.2. The average molecular weight is 335 g/mol. The number of carbonyl (C=O) groups is 1. The van der Waals surface area contributed by atoms with Gasteiger partial charge in [0, 0.05) is 12.7 Å². The summed E-state index contributed by atoms with van der Waals surface area (Å²) >= 11 is 0. The number of amides is 1. The quantitative estimate of drug-likeness (QED) is 0.905. The highest BCUT2D eigenvalue weighted by molar-refractivity contribution is 7.90. The van der Waals surface area contributed by atoms with E-state index in [4.69, 9.17) is 9.15 Å². The van der Waals surface area contributed by atoms with Crippen LogP contribution in [-0.4, -0.2) is 20.6 Å². The molecular formula is C16H17NO5S. The molecule has 1 unspecified atom stereocenters. The van der Waals surface area contributed by atoms with Crippen LogP contribution in [0.3, 0.4) is 0 Å². The number of nitrogens with one attached hydrogen (secondary N) is 1. The molecule has 0 saturated carbocycles. The third-order valence-corrected chi connectivity index (χ3v) is 4.61. The monoisotopic (exact) mass is 335 g/mol. The Morgan fingerprint density at radius 3 is 2.52 bits per heavy atom. The zero-order valence-electron chi connectivity index (χ0n) is 12.6. The van der Waals surface area contributed by atoms with Gasteiger partial charge >= 0.3 is 0 Å². The largest absolute Gasteiger partial charge is 0.486 e. The van der Waals surface area contributed by atoms with Crippen LogP contribution in [0.2, 0.25) is 0 Å². The summed E-state index contributed by atoms with van der Waals surface area (Å²) in [5.74, 6) is 1.17. The zero-order chi connectivity index (χ0) is 16.4. The molecule has 3 rings (SSSR count). The number of ether oxygens (including phenoxy) is 1. The van der Waals surface area contributed by atoms with Gasteiger partial charge in [-0.3, -0.25) is 4.79 Å². The smallest absolute Gasteiger partial charge is 0.220 e. The van der Waals surface area contributed by atoms with Crippen LogP contribution in [0, 0.1) is 0 Å². The van der Waals surface area contributed by atoms with E-state index in [0.29, 0.717) is 17.9 Å². The SMILES string of the molecule is CS(=O)(=O)c1ccc(COc2ccc(C3CCC(=O)N3)cc2)o1. The van der Waals surface area contributed by atoms with Crippen LogP contribution in [0.1, 0.15) is 30.2 Å². The zero-order valence-corrected chi connectivity index (χ0v) is 13.4. The molecule has 23 heavy (non-hydrogen) atoms. The van der Waals surface area contributed by atoms with Crippen molar-refractivity contribution in [3.05, 3.63) is 47.7 Å². The van der Waals surface area contributed by atoms with Crippen molar-refractivity contribution in [2.24, 2.45) is 0 Å². The van der Waals surface area contributed by atoms with Crippen molar-refractivity contribution in [3.8, 4) is 5.75 Å². The first-order chi connectivity index (χ1) is 10.9. The van der Waals surface area contributed by atoms with E-state index in [2.05, 4.69) is 5.32 Å². The lowest BCUT2D eigenvalue weighted by molar-refractivity contribution is -0.119. The van der Waals surface area contributed by atoms with E-state index in [0.717, 1.165) is 18.2 Å². The summed E-state index contributed by atoms with van der Waals surface area (Å²) < 4.78 is 33.5. The van der Waals surface area contributed by atoms with Crippen molar-refractivity contribution in [1.29, 1.82) is 0 Å². The molecule has 1 saturated heterocycles. The van der Waals surface area contributed by atoms with Gasteiger partial charge in [-0.1, -0.05) is 12.1 Å². The second-order valence-corrected chi connectivity index (χ2v) is 7.46. The van der Waals surface area contributed by atoms with Gasteiger partial charge in [0.05, 0.1) is 6.04 Å². The summed E-state index contributed by atoms with van der Waals surface area (Å²) in [6.07, 6.45) is 2.46. The fraction of sp³-hybridized carbons (Fsp3) is 0.312. The van der Waals surface area contributed by atoms with E-state index >= 15 is 0 Å². The van der Waals surface area contributed by atoms with Crippen LogP contribution < -0.4 is 10.1 Å². The second kappa shape index (κ2) is 6.08. The summed E-state index contributed by atoms with van der Waals surface area (Å²) in [4.78, 5) is 11.2. The standard InChI is InChI=1S/C16H17NO5S/c1-23(19,20)16-9-6-13(22-16)10-21-12-4-2-11(3-5-12)14-7-8-15(18)17-14/h2-6,9,14H,7-8,10H2,1H3,(H,17,18). The maximum Gasteiger partial charge on any atom is 0.220 e. The summed E-state index contributed by atoms with van der Waals surface area (Å²) in [5.41, 5.74) is 1.04. The lowest BCUT2D eigenvalue weighted by Gasteiger charge is -2.11. The Hall–Kier alpha value is -2.28. The van der Waals surface area contributed by atoms with E-state index in [1.165, 1.54) is 6.07 Å². The number of rotatable bonds is 5. The molecule has 0 radical (unpaired) electrons. The van der Waals surface area contributed by atoms with E-state index in [1.807, 2.05) is 24.3 Å². The third-order valence-electron chi connectivity index (χ3n) is 3.66. The molecule has 0 aliphatic carbocycles. The molecule has 6 nitrogen and oxygen atoms in total. The van der Waals surface area contributed by atoms with Crippen LogP contribution in [0.5, 0.6) is 5.75 Å². The van der Waals surface area contributed by atoms with Crippen molar-refractivity contribution in [1.82, 2.24) is 5.32 Å². The molecule has 1 aliphatic rings. The average Bonchev–Trinajstić information content (AvgIpc) is 3.14. The Bertz CT molecular complexity index is 807. The Morgan fingerprint density at radius 1 is 1.22 bits per heavy atom. The molecule has 1 N–H and O–H groups in total. The van der Waals surface area contributed by atoms with E-state index in [1.54, 1.807) is 6.07 Å². The molecule has 1 fully saturated rings. The minimum absolute atomic E-state index is 0.0663. The Morgan fingerprint density at radius 2 is 1.96 bits per heavy atom. The van der Waals surface area contributed by atoms with Crippen LogP contribution in [0.25, 0.3) is 0 Å². The van der Waals surface area contributed by atoms with Crippen molar-refractivity contribution < 1.29 is 22.4 Å². The lowest BCUT2D eigenvalue weighted by Crippen LogP contribution is -2.18. The lowest BCUT2D eigenvalue weighted by atomic mass is 10.1. The topological polar surface area (TPSA) is 85.6 Å². The third kappa shape index (κ3) is 3.73. The molecule has 122 valence electrons. The fourth-order valence-electron chi connectivity index (χ4n) is 2.45. The van der Waals surface area contributed by atoms with Gasteiger partial charge < -0.3 is 14.5 Å². The molecule has 1 aliphatic heterocycles. The van der Waals surface area contributed by atoms with Crippen molar-refractivity contribution in [2.45, 2.75) is 30.6 Å². The Balaban J connectivity index is 1.60.